The molecule has 0 amide bonds. The lowest BCUT2D eigenvalue weighted by Gasteiger charge is -2.19. The molecule has 1 aromatic rings. The molecular weight excluding hydrogens is 302 g/mol. The molecule has 22 heavy (non-hydrogen) atoms. The van der Waals surface area contributed by atoms with E-state index >= 15 is 0 Å². The van der Waals surface area contributed by atoms with Gasteiger partial charge in [0, 0.05) is 0 Å². The molecule has 2 unspecified atom stereocenters. The van der Waals surface area contributed by atoms with E-state index in [4.69, 9.17) is 4.74 Å². The highest BCUT2D eigenvalue weighted by molar-refractivity contribution is 7.89. The summed E-state index contributed by atoms with van der Waals surface area (Å²) in [5, 5.41) is 0. The van der Waals surface area contributed by atoms with E-state index in [2.05, 4.69) is 4.72 Å². The van der Waals surface area contributed by atoms with Crippen LogP contribution in [0.2, 0.25) is 0 Å². The van der Waals surface area contributed by atoms with Gasteiger partial charge in [0.25, 0.3) is 0 Å². The van der Waals surface area contributed by atoms with E-state index < -0.39 is 22.0 Å². The van der Waals surface area contributed by atoms with E-state index in [1.165, 1.54) is 19.1 Å². The van der Waals surface area contributed by atoms with Crippen molar-refractivity contribution in [1.82, 2.24) is 4.72 Å². The van der Waals surface area contributed by atoms with Crippen LogP contribution in [0.25, 0.3) is 0 Å². The van der Waals surface area contributed by atoms with Gasteiger partial charge in [-0.3, -0.25) is 4.79 Å². The van der Waals surface area contributed by atoms with Gasteiger partial charge in [0.1, 0.15) is 6.04 Å². The molecule has 5 nitrogen and oxygen atoms in total. The number of rotatable bonds is 7. The second-order valence-corrected chi connectivity index (χ2v) is 7.75. The van der Waals surface area contributed by atoms with Gasteiger partial charge in [-0.25, -0.2) is 8.42 Å². The van der Waals surface area contributed by atoms with Gasteiger partial charge in [-0.1, -0.05) is 31.5 Å². The number of esters is 1. The summed E-state index contributed by atoms with van der Waals surface area (Å²) < 4.78 is 32.0. The molecule has 0 spiro atoms. The zero-order valence-corrected chi connectivity index (χ0v) is 14.6. The van der Waals surface area contributed by atoms with Crippen LogP contribution in [0.4, 0.5) is 0 Å². The summed E-state index contributed by atoms with van der Waals surface area (Å²) in [5.74, 6) is -0.161. The third kappa shape index (κ3) is 5.77. The minimum Gasteiger partial charge on any atom is -0.461 e. The number of ether oxygens (including phenoxy) is 1. The minimum atomic E-state index is -3.73. The van der Waals surface area contributed by atoms with E-state index in [-0.39, 0.29) is 11.0 Å². The molecule has 0 aliphatic carbocycles. The quantitative estimate of drug-likeness (QED) is 0.781. The van der Waals surface area contributed by atoms with Crippen LogP contribution < -0.4 is 4.72 Å². The van der Waals surface area contributed by atoms with Crippen molar-refractivity contribution in [1.29, 1.82) is 0 Å². The summed E-state index contributed by atoms with van der Waals surface area (Å²) in [6.07, 6.45) is 0.502. The number of sulfonamides is 1. The lowest BCUT2D eigenvalue weighted by atomic mass is 10.1. The Labute approximate surface area is 133 Å². The Balaban J connectivity index is 2.68. The maximum absolute atomic E-state index is 12.2. The van der Waals surface area contributed by atoms with Crippen molar-refractivity contribution in [2.75, 3.05) is 0 Å². The lowest BCUT2D eigenvalue weighted by molar-refractivity contribution is -0.150. The van der Waals surface area contributed by atoms with E-state index in [0.29, 0.717) is 5.92 Å². The Morgan fingerprint density at radius 3 is 2.18 bits per heavy atom. The topological polar surface area (TPSA) is 72.5 Å². The Morgan fingerprint density at radius 1 is 1.14 bits per heavy atom. The normalized spacial score (nSPS) is 14.6. The Bertz CT molecular complexity index is 593. The highest BCUT2D eigenvalue weighted by atomic mass is 32.2. The Hall–Kier alpha value is -1.40. The van der Waals surface area contributed by atoms with Crippen molar-refractivity contribution in [3.8, 4) is 0 Å². The second-order valence-electron chi connectivity index (χ2n) is 6.03. The van der Waals surface area contributed by atoms with Gasteiger partial charge in [0.15, 0.2) is 0 Å². The summed E-state index contributed by atoms with van der Waals surface area (Å²) in [6.45, 7) is 9.23. The molecule has 0 aromatic heterocycles. The number of hydrogen-bond acceptors (Lipinski definition) is 4. The average Bonchev–Trinajstić information content (AvgIpc) is 2.37. The predicted molar refractivity (Wildman–Crippen MR) is 86.0 cm³/mol. The molecule has 0 aliphatic rings. The molecule has 0 heterocycles. The molecule has 0 radical (unpaired) electrons. The number of nitrogens with one attached hydrogen (secondary N) is 1. The largest absolute Gasteiger partial charge is 0.461 e. The zero-order valence-electron chi connectivity index (χ0n) is 13.8. The van der Waals surface area contributed by atoms with Crippen LogP contribution in [-0.4, -0.2) is 26.5 Å². The standard InChI is InChI=1S/C16H25NO4S/c1-11(2)10-13(4)21-16(18)14(5)17-22(19,20)15-8-6-12(3)7-9-15/h6-9,11,13-14,17H,10H2,1-5H3. The molecule has 0 fully saturated rings. The van der Waals surface area contributed by atoms with Gasteiger partial charge in [0.05, 0.1) is 11.0 Å². The van der Waals surface area contributed by atoms with E-state index in [1.54, 1.807) is 19.1 Å². The molecule has 1 aromatic carbocycles. The number of hydrogen-bond donors (Lipinski definition) is 1. The van der Waals surface area contributed by atoms with Crippen LogP contribution >= 0.6 is 0 Å². The fraction of sp³-hybridized carbons (Fsp3) is 0.562. The number of aryl methyl sites for hydroxylation is 1. The zero-order chi connectivity index (χ0) is 16.9. The molecule has 124 valence electrons. The maximum atomic E-state index is 12.2. The first-order chi connectivity index (χ1) is 10.1. The monoisotopic (exact) mass is 327 g/mol. The minimum absolute atomic E-state index is 0.132. The van der Waals surface area contributed by atoms with Crippen LogP contribution in [0, 0.1) is 12.8 Å². The number of benzene rings is 1. The smallest absolute Gasteiger partial charge is 0.324 e. The van der Waals surface area contributed by atoms with Crippen molar-refractivity contribution in [2.45, 2.75) is 58.1 Å². The first-order valence-electron chi connectivity index (χ1n) is 7.41. The summed E-state index contributed by atoms with van der Waals surface area (Å²) in [6, 6.07) is 5.51. The average molecular weight is 327 g/mol. The third-order valence-corrected chi connectivity index (χ3v) is 4.69. The van der Waals surface area contributed by atoms with Gasteiger partial charge in [-0.2, -0.15) is 4.72 Å². The first kappa shape index (κ1) is 18.6. The predicted octanol–water partition coefficient (Wildman–Crippen LogP) is 2.64. The van der Waals surface area contributed by atoms with Crippen molar-refractivity contribution < 1.29 is 17.9 Å². The van der Waals surface area contributed by atoms with Crippen molar-refractivity contribution in [3.63, 3.8) is 0 Å². The SMILES string of the molecule is Cc1ccc(S(=O)(=O)NC(C)C(=O)OC(C)CC(C)C)cc1. The van der Waals surface area contributed by atoms with Crippen LogP contribution in [0.5, 0.6) is 0 Å². The molecule has 0 bridgehead atoms. The summed E-state index contributed by atoms with van der Waals surface area (Å²) in [7, 11) is -3.73. The van der Waals surface area contributed by atoms with Gasteiger partial charge in [0.2, 0.25) is 10.0 Å². The van der Waals surface area contributed by atoms with Crippen LogP contribution in [0.15, 0.2) is 29.2 Å². The summed E-state index contributed by atoms with van der Waals surface area (Å²) >= 11 is 0. The molecular formula is C16H25NO4S. The molecule has 0 saturated carbocycles. The van der Waals surface area contributed by atoms with Crippen LogP contribution in [0.1, 0.15) is 39.7 Å². The van der Waals surface area contributed by atoms with E-state index in [9.17, 15) is 13.2 Å². The molecule has 2 atom stereocenters. The number of carbonyl (C=O) groups is 1. The molecule has 0 aliphatic heterocycles. The van der Waals surface area contributed by atoms with Gasteiger partial charge in [-0.05, 0) is 45.2 Å². The van der Waals surface area contributed by atoms with Gasteiger partial charge in [-0.15, -0.1) is 0 Å². The lowest BCUT2D eigenvalue weighted by Crippen LogP contribution is -2.40. The van der Waals surface area contributed by atoms with E-state index in [1.807, 2.05) is 20.8 Å². The van der Waals surface area contributed by atoms with Crippen molar-refractivity contribution in [3.05, 3.63) is 29.8 Å². The first-order valence-corrected chi connectivity index (χ1v) is 8.89. The molecule has 1 N–H and O–H groups in total. The molecule has 6 heteroatoms. The second kappa shape index (κ2) is 7.74. The van der Waals surface area contributed by atoms with E-state index in [0.717, 1.165) is 12.0 Å². The van der Waals surface area contributed by atoms with Crippen LogP contribution in [0.3, 0.4) is 0 Å². The fourth-order valence-electron chi connectivity index (χ4n) is 2.08. The van der Waals surface area contributed by atoms with Crippen LogP contribution in [-0.2, 0) is 19.6 Å². The Kier molecular flexibility index (Phi) is 6.56. The highest BCUT2D eigenvalue weighted by Crippen LogP contribution is 2.12. The number of carbonyl (C=O) groups excluding carboxylic acids is 1. The summed E-state index contributed by atoms with van der Waals surface area (Å²) in [5.41, 5.74) is 0.967. The maximum Gasteiger partial charge on any atom is 0.324 e. The third-order valence-electron chi connectivity index (χ3n) is 3.14. The summed E-state index contributed by atoms with van der Waals surface area (Å²) in [4.78, 5) is 12.1. The van der Waals surface area contributed by atoms with Crippen molar-refractivity contribution >= 4 is 16.0 Å². The van der Waals surface area contributed by atoms with Crippen molar-refractivity contribution in [2.24, 2.45) is 5.92 Å². The molecule has 1 rings (SSSR count). The fourth-order valence-corrected chi connectivity index (χ4v) is 3.27. The Morgan fingerprint density at radius 2 is 1.68 bits per heavy atom. The van der Waals surface area contributed by atoms with Gasteiger partial charge >= 0.3 is 5.97 Å². The molecule has 0 saturated heterocycles. The highest BCUT2D eigenvalue weighted by Gasteiger charge is 2.24. The van der Waals surface area contributed by atoms with Gasteiger partial charge < -0.3 is 4.74 Å².